The topological polar surface area (TPSA) is 29.3 Å². The van der Waals surface area contributed by atoms with E-state index < -0.39 is 0 Å². The molecule has 0 unspecified atom stereocenters. The lowest BCUT2D eigenvalue weighted by atomic mass is 10.1. The quantitative estimate of drug-likeness (QED) is 0.909. The summed E-state index contributed by atoms with van der Waals surface area (Å²) in [5.41, 5.74) is 8.07. The lowest BCUT2D eigenvalue weighted by molar-refractivity contribution is 0.318. The van der Waals surface area contributed by atoms with Crippen LogP contribution < -0.4 is 5.73 Å². The van der Waals surface area contributed by atoms with E-state index in [0.29, 0.717) is 19.6 Å². The molecule has 0 amide bonds. The molecule has 106 valence electrons. The molecule has 2 N–H and O–H groups in total. The van der Waals surface area contributed by atoms with Crippen molar-refractivity contribution < 1.29 is 8.78 Å². The largest absolute Gasteiger partial charge is 0.326 e. The van der Waals surface area contributed by atoms with Crippen LogP contribution in [-0.2, 0) is 19.6 Å². The highest BCUT2D eigenvalue weighted by molar-refractivity contribution is 5.25. The molecule has 0 aromatic heterocycles. The maximum Gasteiger partial charge on any atom is 0.123 e. The Bertz CT molecular complexity index is 584. The predicted octanol–water partition coefficient (Wildman–Crippen LogP) is 3.06. The molecular weight excluding hydrogens is 258 g/mol. The van der Waals surface area contributed by atoms with E-state index in [4.69, 9.17) is 5.73 Å². The molecule has 2 nitrogen and oxygen atoms in total. The molecule has 0 saturated carbocycles. The lowest BCUT2D eigenvalue weighted by Gasteiger charge is -2.17. The van der Waals surface area contributed by atoms with E-state index >= 15 is 0 Å². The fourth-order valence-corrected chi connectivity index (χ4v) is 2.24. The molecule has 0 fully saturated rings. The average Bonchev–Trinajstić information content (AvgIpc) is 2.37. The Kier molecular flexibility index (Phi) is 4.82. The molecule has 20 heavy (non-hydrogen) atoms. The Morgan fingerprint density at radius 1 is 0.900 bits per heavy atom. The first-order valence-corrected chi connectivity index (χ1v) is 6.48. The predicted molar refractivity (Wildman–Crippen MR) is 75.9 cm³/mol. The number of rotatable bonds is 5. The zero-order chi connectivity index (χ0) is 14.5. The van der Waals surface area contributed by atoms with Crippen LogP contribution in [0, 0.1) is 11.6 Å². The molecule has 0 bridgehead atoms. The van der Waals surface area contributed by atoms with E-state index in [1.165, 1.54) is 24.3 Å². The summed E-state index contributed by atoms with van der Waals surface area (Å²) in [5.74, 6) is -0.519. The van der Waals surface area contributed by atoms with Crippen molar-refractivity contribution in [2.75, 3.05) is 7.05 Å². The highest BCUT2D eigenvalue weighted by Gasteiger charge is 2.05. The van der Waals surface area contributed by atoms with Gasteiger partial charge in [-0.3, -0.25) is 4.90 Å². The first-order chi connectivity index (χ1) is 9.56. The third-order valence-corrected chi connectivity index (χ3v) is 3.05. The van der Waals surface area contributed by atoms with E-state index in [0.717, 1.165) is 16.7 Å². The van der Waals surface area contributed by atoms with Gasteiger partial charge in [0.05, 0.1) is 0 Å². The standard InChI is InChI=1S/C16H18F2N2/c1-20(10-12-3-2-4-15(17)6-12)11-14-5-13(9-19)7-16(18)8-14/h2-8H,9-11,19H2,1H3. The second-order valence-corrected chi connectivity index (χ2v) is 4.97. The highest BCUT2D eigenvalue weighted by Crippen LogP contribution is 2.13. The summed E-state index contributed by atoms with van der Waals surface area (Å²) < 4.78 is 26.5. The number of nitrogens with zero attached hydrogens (tertiary/aromatic N) is 1. The minimum atomic E-state index is -0.276. The van der Waals surface area contributed by atoms with Crippen LogP contribution in [0.25, 0.3) is 0 Å². The first-order valence-electron chi connectivity index (χ1n) is 6.48. The minimum absolute atomic E-state index is 0.243. The molecule has 0 spiro atoms. The van der Waals surface area contributed by atoms with Crippen LogP contribution in [0.3, 0.4) is 0 Å². The Morgan fingerprint density at radius 2 is 1.55 bits per heavy atom. The molecule has 0 aliphatic rings. The molecule has 2 aromatic rings. The normalized spacial score (nSPS) is 11.1. The monoisotopic (exact) mass is 276 g/mol. The van der Waals surface area contributed by atoms with Gasteiger partial charge in [0.1, 0.15) is 11.6 Å². The van der Waals surface area contributed by atoms with Crippen LogP contribution in [0.5, 0.6) is 0 Å². The average molecular weight is 276 g/mol. The van der Waals surface area contributed by atoms with Crippen LogP contribution in [0.15, 0.2) is 42.5 Å². The molecule has 2 rings (SSSR count). The van der Waals surface area contributed by atoms with Crippen molar-refractivity contribution in [2.24, 2.45) is 5.73 Å². The highest BCUT2D eigenvalue weighted by atomic mass is 19.1. The molecule has 0 saturated heterocycles. The molecule has 0 radical (unpaired) electrons. The van der Waals surface area contributed by atoms with Gasteiger partial charge in [0.25, 0.3) is 0 Å². The summed E-state index contributed by atoms with van der Waals surface area (Å²) in [5, 5.41) is 0. The summed E-state index contributed by atoms with van der Waals surface area (Å²) in [7, 11) is 1.91. The zero-order valence-corrected chi connectivity index (χ0v) is 11.4. The maximum atomic E-state index is 13.4. The van der Waals surface area contributed by atoms with E-state index in [1.54, 1.807) is 6.07 Å². The summed E-state index contributed by atoms with van der Waals surface area (Å²) >= 11 is 0. The Morgan fingerprint density at radius 3 is 2.25 bits per heavy atom. The van der Waals surface area contributed by atoms with Gasteiger partial charge in [-0.2, -0.15) is 0 Å². The number of nitrogens with two attached hydrogens (primary N) is 1. The summed E-state index contributed by atoms with van der Waals surface area (Å²) in [6.07, 6.45) is 0. The summed E-state index contributed by atoms with van der Waals surface area (Å²) in [6, 6.07) is 11.3. The van der Waals surface area contributed by atoms with Gasteiger partial charge in [0.15, 0.2) is 0 Å². The minimum Gasteiger partial charge on any atom is -0.326 e. The van der Waals surface area contributed by atoms with Crippen molar-refractivity contribution in [2.45, 2.75) is 19.6 Å². The van der Waals surface area contributed by atoms with Crippen LogP contribution in [0.1, 0.15) is 16.7 Å². The molecule has 0 atom stereocenters. The molecular formula is C16H18F2N2. The van der Waals surface area contributed by atoms with Crippen molar-refractivity contribution in [3.8, 4) is 0 Å². The second-order valence-electron chi connectivity index (χ2n) is 4.97. The zero-order valence-electron chi connectivity index (χ0n) is 11.4. The van der Waals surface area contributed by atoms with E-state index in [9.17, 15) is 8.78 Å². The van der Waals surface area contributed by atoms with E-state index in [2.05, 4.69) is 0 Å². The molecule has 0 heterocycles. The van der Waals surface area contributed by atoms with Crippen LogP contribution in [0.2, 0.25) is 0 Å². The van der Waals surface area contributed by atoms with Crippen LogP contribution in [0.4, 0.5) is 8.78 Å². The van der Waals surface area contributed by atoms with Gasteiger partial charge >= 0.3 is 0 Å². The molecule has 2 aromatic carbocycles. The smallest absolute Gasteiger partial charge is 0.123 e. The number of hydrogen-bond acceptors (Lipinski definition) is 2. The van der Waals surface area contributed by atoms with E-state index in [1.807, 2.05) is 24.1 Å². The van der Waals surface area contributed by atoms with Crippen molar-refractivity contribution in [3.63, 3.8) is 0 Å². The number of benzene rings is 2. The Balaban J connectivity index is 2.04. The van der Waals surface area contributed by atoms with Gasteiger partial charge in [-0.1, -0.05) is 18.2 Å². The molecule has 0 aliphatic heterocycles. The summed E-state index contributed by atoms with van der Waals surface area (Å²) in [6.45, 7) is 1.51. The lowest BCUT2D eigenvalue weighted by Crippen LogP contribution is -2.17. The third-order valence-electron chi connectivity index (χ3n) is 3.05. The van der Waals surface area contributed by atoms with Crippen molar-refractivity contribution in [1.82, 2.24) is 4.90 Å². The van der Waals surface area contributed by atoms with Gasteiger partial charge in [0, 0.05) is 19.6 Å². The van der Waals surface area contributed by atoms with Gasteiger partial charge < -0.3 is 5.73 Å². The maximum absolute atomic E-state index is 13.4. The first kappa shape index (κ1) is 14.6. The second kappa shape index (κ2) is 6.59. The Labute approximate surface area is 117 Å². The van der Waals surface area contributed by atoms with Crippen LogP contribution >= 0.6 is 0 Å². The van der Waals surface area contributed by atoms with Crippen molar-refractivity contribution >= 4 is 0 Å². The van der Waals surface area contributed by atoms with Gasteiger partial charge in [-0.25, -0.2) is 8.78 Å². The van der Waals surface area contributed by atoms with Crippen LogP contribution in [-0.4, -0.2) is 11.9 Å². The molecule has 4 heteroatoms. The summed E-state index contributed by atoms with van der Waals surface area (Å²) in [4.78, 5) is 2.00. The van der Waals surface area contributed by atoms with Crippen molar-refractivity contribution in [1.29, 1.82) is 0 Å². The fraction of sp³-hybridized carbons (Fsp3) is 0.250. The number of hydrogen-bond donors (Lipinski definition) is 1. The molecule has 0 aliphatic carbocycles. The van der Waals surface area contributed by atoms with Crippen molar-refractivity contribution in [3.05, 3.63) is 70.8 Å². The van der Waals surface area contributed by atoms with E-state index in [-0.39, 0.29) is 11.6 Å². The SMILES string of the molecule is CN(Cc1cccc(F)c1)Cc1cc(F)cc(CN)c1. The fourth-order valence-electron chi connectivity index (χ4n) is 2.24. The van der Waals surface area contributed by atoms with Gasteiger partial charge in [-0.05, 0) is 48.0 Å². The third kappa shape index (κ3) is 4.11. The number of halogens is 2. The Hall–Kier alpha value is -1.78. The van der Waals surface area contributed by atoms with Gasteiger partial charge in [0.2, 0.25) is 0 Å². The van der Waals surface area contributed by atoms with Gasteiger partial charge in [-0.15, -0.1) is 0 Å².